The molecule has 0 N–H and O–H groups in total. The lowest BCUT2D eigenvalue weighted by Gasteiger charge is -2.11. The summed E-state index contributed by atoms with van der Waals surface area (Å²) < 4.78 is 4.63. The van der Waals surface area contributed by atoms with Gasteiger partial charge in [-0.1, -0.05) is 0 Å². The minimum atomic E-state index is -0.374. The van der Waals surface area contributed by atoms with Gasteiger partial charge in [0.05, 0.1) is 0 Å². The maximum Gasteiger partial charge on any atom is 0.307 e. The van der Waals surface area contributed by atoms with Gasteiger partial charge in [0, 0.05) is 18.9 Å². The van der Waals surface area contributed by atoms with Crippen molar-refractivity contribution in [3.05, 3.63) is 11.8 Å². The summed E-state index contributed by atoms with van der Waals surface area (Å²) in [7, 11) is 0. The summed E-state index contributed by atoms with van der Waals surface area (Å²) in [6, 6.07) is 0. The lowest BCUT2D eigenvalue weighted by Crippen LogP contribution is -2.09. The first-order valence-electron chi connectivity index (χ1n) is 4.09. The zero-order chi connectivity index (χ0) is 8.97. The molecule has 1 aliphatic carbocycles. The van der Waals surface area contributed by atoms with Crippen LogP contribution < -0.4 is 0 Å². The predicted molar refractivity (Wildman–Crippen MR) is 43.3 cm³/mol. The van der Waals surface area contributed by atoms with Crippen LogP contribution in [0.4, 0.5) is 0 Å². The van der Waals surface area contributed by atoms with Crippen LogP contribution in [0.1, 0.15) is 32.6 Å². The molecule has 0 aromatic carbocycles. The van der Waals surface area contributed by atoms with Crippen molar-refractivity contribution in [2.75, 3.05) is 0 Å². The first kappa shape index (κ1) is 8.97. The van der Waals surface area contributed by atoms with Crippen molar-refractivity contribution < 1.29 is 14.3 Å². The maximum atomic E-state index is 11.1. The molecular formula is C9H12O3. The van der Waals surface area contributed by atoms with Gasteiger partial charge < -0.3 is 4.74 Å². The van der Waals surface area contributed by atoms with Crippen molar-refractivity contribution in [1.29, 1.82) is 0 Å². The van der Waals surface area contributed by atoms with Crippen LogP contribution >= 0.6 is 0 Å². The third-order valence-electron chi connectivity index (χ3n) is 1.83. The normalized spacial score (nSPS) is 21.1. The number of esters is 1. The number of Topliss-reactive ketones (excluding diaryl/α,β-unsaturated/α-hetero) is 1. The van der Waals surface area contributed by atoms with E-state index in [0.29, 0.717) is 12.0 Å². The second-order valence-electron chi connectivity index (χ2n) is 2.88. The molecule has 66 valence electrons. The Morgan fingerprint density at radius 3 is 2.67 bits per heavy atom. The lowest BCUT2D eigenvalue weighted by atomic mass is 9.95. The average Bonchev–Trinajstić information content (AvgIpc) is 2.03. The molecule has 0 unspecified atom stereocenters. The summed E-state index contributed by atoms with van der Waals surface area (Å²) in [4.78, 5) is 21.6. The number of ether oxygens (including phenoxy) is 1. The first-order valence-corrected chi connectivity index (χ1v) is 4.09. The van der Waals surface area contributed by atoms with Crippen molar-refractivity contribution in [3.8, 4) is 0 Å². The Bertz CT molecular complexity index is 228. The highest BCUT2D eigenvalue weighted by Gasteiger charge is 2.15. The monoisotopic (exact) mass is 168 g/mol. The Hall–Kier alpha value is -1.12. The van der Waals surface area contributed by atoms with E-state index in [1.165, 1.54) is 13.2 Å². The molecule has 1 aliphatic rings. The average molecular weight is 168 g/mol. The summed E-state index contributed by atoms with van der Waals surface area (Å²) in [5.41, 5.74) is 0.649. The standard InChI is InChI=1S/C9H12O3/c1-7(10)12-6-8-4-2-3-5-9(8)11/h6H,2-5H2,1H3/b8-6+. The van der Waals surface area contributed by atoms with Gasteiger partial charge in [-0.3, -0.25) is 9.59 Å². The Balaban J connectivity index is 2.53. The third kappa shape index (κ3) is 2.49. The SMILES string of the molecule is CC(=O)O/C=C1\CCCCC1=O. The van der Waals surface area contributed by atoms with Gasteiger partial charge >= 0.3 is 5.97 Å². The summed E-state index contributed by atoms with van der Waals surface area (Å²) in [5, 5.41) is 0. The van der Waals surface area contributed by atoms with E-state index < -0.39 is 0 Å². The minimum absolute atomic E-state index is 0.113. The number of hydrogen-bond acceptors (Lipinski definition) is 3. The van der Waals surface area contributed by atoms with Gasteiger partial charge in [0.1, 0.15) is 6.26 Å². The van der Waals surface area contributed by atoms with Crippen molar-refractivity contribution in [2.45, 2.75) is 32.6 Å². The van der Waals surface area contributed by atoms with Gasteiger partial charge in [-0.05, 0) is 19.3 Å². The quantitative estimate of drug-likeness (QED) is 0.339. The fourth-order valence-corrected chi connectivity index (χ4v) is 1.18. The van der Waals surface area contributed by atoms with Crippen LogP contribution in [-0.4, -0.2) is 11.8 Å². The summed E-state index contributed by atoms with van der Waals surface area (Å²) >= 11 is 0. The van der Waals surface area contributed by atoms with Gasteiger partial charge in [-0.2, -0.15) is 0 Å². The zero-order valence-corrected chi connectivity index (χ0v) is 7.13. The van der Waals surface area contributed by atoms with Gasteiger partial charge in [0.15, 0.2) is 5.78 Å². The Labute approximate surface area is 71.4 Å². The molecule has 1 saturated carbocycles. The highest BCUT2D eigenvalue weighted by Crippen LogP contribution is 2.19. The van der Waals surface area contributed by atoms with Crippen molar-refractivity contribution in [1.82, 2.24) is 0 Å². The fourth-order valence-electron chi connectivity index (χ4n) is 1.18. The molecule has 3 heteroatoms. The number of allylic oxidation sites excluding steroid dienone is 1. The van der Waals surface area contributed by atoms with E-state index in [9.17, 15) is 9.59 Å². The highest BCUT2D eigenvalue weighted by molar-refractivity contribution is 5.95. The molecule has 1 fully saturated rings. The van der Waals surface area contributed by atoms with Crippen LogP contribution in [-0.2, 0) is 14.3 Å². The molecule has 0 amide bonds. The van der Waals surface area contributed by atoms with Crippen LogP contribution in [0.2, 0.25) is 0 Å². The number of hydrogen-bond donors (Lipinski definition) is 0. The van der Waals surface area contributed by atoms with E-state index in [0.717, 1.165) is 19.3 Å². The van der Waals surface area contributed by atoms with Crippen LogP contribution in [0.15, 0.2) is 11.8 Å². The smallest absolute Gasteiger partial charge is 0.307 e. The Morgan fingerprint density at radius 1 is 1.42 bits per heavy atom. The summed E-state index contributed by atoms with van der Waals surface area (Å²) in [6.07, 6.45) is 4.60. The first-order chi connectivity index (χ1) is 5.70. The molecule has 0 aromatic heterocycles. The number of carbonyl (C=O) groups is 2. The Kier molecular flexibility index (Phi) is 3.02. The number of carbonyl (C=O) groups excluding carboxylic acids is 2. The summed E-state index contributed by atoms with van der Waals surface area (Å²) in [6.45, 7) is 1.32. The molecule has 0 radical (unpaired) electrons. The molecule has 0 aliphatic heterocycles. The van der Waals surface area contributed by atoms with Gasteiger partial charge in [0.2, 0.25) is 0 Å². The third-order valence-corrected chi connectivity index (χ3v) is 1.83. The van der Waals surface area contributed by atoms with Crippen LogP contribution in [0.3, 0.4) is 0 Å². The molecule has 3 nitrogen and oxygen atoms in total. The topological polar surface area (TPSA) is 43.4 Å². The lowest BCUT2D eigenvalue weighted by molar-refractivity contribution is -0.135. The zero-order valence-electron chi connectivity index (χ0n) is 7.13. The second kappa shape index (κ2) is 4.04. The molecule has 0 aromatic rings. The fraction of sp³-hybridized carbons (Fsp3) is 0.556. The molecule has 0 saturated heterocycles. The predicted octanol–water partition coefficient (Wildman–Crippen LogP) is 1.58. The molecule has 0 atom stereocenters. The van der Waals surface area contributed by atoms with Crippen molar-refractivity contribution in [2.24, 2.45) is 0 Å². The molecular weight excluding hydrogens is 156 g/mol. The molecule has 12 heavy (non-hydrogen) atoms. The molecule has 0 bridgehead atoms. The van der Waals surface area contributed by atoms with E-state index in [4.69, 9.17) is 0 Å². The Morgan fingerprint density at radius 2 is 2.08 bits per heavy atom. The van der Waals surface area contributed by atoms with Crippen LogP contribution in [0.5, 0.6) is 0 Å². The van der Waals surface area contributed by atoms with Gasteiger partial charge in [0.25, 0.3) is 0 Å². The van der Waals surface area contributed by atoms with Gasteiger partial charge in [-0.25, -0.2) is 0 Å². The largest absolute Gasteiger partial charge is 0.434 e. The van der Waals surface area contributed by atoms with Crippen LogP contribution in [0.25, 0.3) is 0 Å². The van der Waals surface area contributed by atoms with E-state index in [1.807, 2.05) is 0 Å². The minimum Gasteiger partial charge on any atom is -0.434 e. The van der Waals surface area contributed by atoms with E-state index in [2.05, 4.69) is 4.74 Å². The number of ketones is 1. The molecule has 0 spiro atoms. The molecule has 0 heterocycles. The van der Waals surface area contributed by atoms with Crippen molar-refractivity contribution >= 4 is 11.8 Å². The van der Waals surface area contributed by atoms with Crippen molar-refractivity contribution in [3.63, 3.8) is 0 Å². The highest BCUT2D eigenvalue weighted by atomic mass is 16.5. The van der Waals surface area contributed by atoms with Gasteiger partial charge in [-0.15, -0.1) is 0 Å². The van der Waals surface area contributed by atoms with E-state index >= 15 is 0 Å². The van der Waals surface area contributed by atoms with E-state index in [1.54, 1.807) is 0 Å². The van der Waals surface area contributed by atoms with E-state index in [-0.39, 0.29) is 11.8 Å². The second-order valence-corrected chi connectivity index (χ2v) is 2.88. The summed E-state index contributed by atoms with van der Waals surface area (Å²) in [5.74, 6) is -0.261. The van der Waals surface area contributed by atoms with Crippen LogP contribution in [0, 0.1) is 0 Å². The number of rotatable bonds is 1. The maximum absolute atomic E-state index is 11.1. The molecule has 1 rings (SSSR count).